The summed E-state index contributed by atoms with van der Waals surface area (Å²) >= 11 is 0. The molecule has 1 radical (unpaired) electrons. The van der Waals surface area contributed by atoms with E-state index >= 15 is 17.6 Å². The summed E-state index contributed by atoms with van der Waals surface area (Å²) in [5, 5.41) is -7.02. The molecule has 0 amide bonds. The van der Waals surface area contributed by atoms with Crippen molar-refractivity contribution < 1.29 is 69.2 Å². The van der Waals surface area contributed by atoms with Gasteiger partial charge in [-0.15, -0.1) is 22.1 Å². The zero-order valence-corrected chi connectivity index (χ0v) is 35.0. The van der Waals surface area contributed by atoms with E-state index in [1.807, 2.05) is 24.3 Å². The maximum absolute atomic E-state index is 16.9. The molecule has 0 fully saturated rings. The number of nitrogens with zero attached hydrogens (tertiary/aromatic N) is 4. The Morgan fingerprint density at radius 3 is 1.18 bits per heavy atom. The van der Waals surface area contributed by atoms with Crippen LogP contribution in [0.5, 0.6) is 0 Å². The minimum Gasteiger partial charge on any atom is -0.657 e. The first-order valence-corrected chi connectivity index (χ1v) is 20.7. The summed E-state index contributed by atoms with van der Waals surface area (Å²) in [6, 6.07) is 39.3. The SMILES string of the molecule is O=S(=O)(F)C(F)(F)C(F)(F)OC(F)(F)C(F)(F)C1=Cc2nc1c(-c1ccccc1)c1ccc([n-]1)c(-c1ccccc1)c1nc(c(-c3ccccc3)c3ccc([n-]3)c2-c2ccccc2)C=C1.[Cu+2]. The number of rotatable bonds is 10. The van der Waals surface area contributed by atoms with Gasteiger partial charge in [0.05, 0.1) is 28.3 Å². The quantitative estimate of drug-likeness (QED) is 0.0765. The van der Waals surface area contributed by atoms with Crippen LogP contribution in [-0.4, -0.2) is 41.8 Å². The molecule has 0 spiro atoms. The molecule has 0 atom stereocenters. The molecule has 5 heterocycles. The molecular weight excluding hydrogens is 947 g/mol. The van der Waals surface area contributed by atoms with Crippen LogP contribution < -0.4 is 9.97 Å². The van der Waals surface area contributed by atoms with Gasteiger partial charge in [-0.25, -0.2) is 14.7 Å². The van der Waals surface area contributed by atoms with Gasteiger partial charge in [0.25, 0.3) is 0 Å². The monoisotopic (exact) mass is 973 g/mol. The summed E-state index contributed by atoms with van der Waals surface area (Å²) in [6.07, 6.45) is -9.68. The average Bonchev–Trinajstić information content (AvgIpc) is 4.12. The number of hydrogen-bond donors (Lipinski definition) is 0. The van der Waals surface area contributed by atoms with Crippen LogP contribution in [0.25, 0.3) is 90.4 Å². The number of fused-ring (bicyclic) bond motifs is 8. The molecule has 0 N–H and O–H groups in total. The predicted octanol–water partition coefficient (Wildman–Crippen LogP) is 12.7. The first-order valence-electron chi connectivity index (χ1n) is 19.4. The van der Waals surface area contributed by atoms with E-state index in [-0.39, 0.29) is 55.9 Å². The summed E-state index contributed by atoms with van der Waals surface area (Å²) in [4.78, 5) is 19.3. The van der Waals surface area contributed by atoms with Gasteiger partial charge in [0.1, 0.15) is 0 Å². The van der Waals surface area contributed by atoms with E-state index in [2.05, 4.69) is 9.72 Å². The van der Waals surface area contributed by atoms with Gasteiger partial charge in [0, 0.05) is 0 Å². The van der Waals surface area contributed by atoms with Crippen molar-refractivity contribution in [2.75, 3.05) is 0 Å². The van der Waals surface area contributed by atoms with Crippen molar-refractivity contribution in [2.45, 2.75) is 23.4 Å². The molecule has 0 saturated heterocycles. The van der Waals surface area contributed by atoms with E-state index in [0.29, 0.717) is 45.2 Å². The Morgan fingerprint density at radius 2 is 0.803 bits per heavy atom. The van der Waals surface area contributed by atoms with E-state index in [1.54, 1.807) is 91.0 Å². The number of alkyl halides is 8. The predicted molar refractivity (Wildman–Crippen MR) is 228 cm³/mol. The molecule has 7 nitrogen and oxygen atoms in total. The second-order valence-electron chi connectivity index (χ2n) is 14.7. The Bertz CT molecular complexity index is 3330. The standard InChI is InChI=1S/C48H27F9N4O3S.Cu/c49-45(50,46(51,52)64-47(53,54)48(55,56)65(57,62)63)32-27-39-42(30-17-9-3-10-18-30)37-24-23-35(59-37)40(28-13-5-1-6-14-28)33-21-22-34(58-33)41(29-15-7-2-8-16-29)36-25-26-38(60-36)43(44(32)61-39)31-19-11-4-12-20-31;/h1-27H;/q-2;+2. The van der Waals surface area contributed by atoms with Gasteiger partial charge >= 0.3 is 50.7 Å². The molecular formula is C48H27CuF9N4O3S. The molecule has 2 aliphatic heterocycles. The van der Waals surface area contributed by atoms with E-state index in [4.69, 9.17) is 15.0 Å². The van der Waals surface area contributed by atoms with E-state index in [9.17, 15) is 29.9 Å². The second kappa shape index (κ2) is 16.9. The Labute approximate surface area is 380 Å². The van der Waals surface area contributed by atoms with E-state index in [0.717, 1.165) is 0 Å². The van der Waals surface area contributed by atoms with Crippen molar-refractivity contribution in [1.29, 1.82) is 0 Å². The molecule has 0 saturated carbocycles. The molecule has 0 aliphatic carbocycles. The first-order chi connectivity index (χ1) is 30.9. The Kier molecular flexibility index (Phi) is 11.8. The molecule has 3 aromatic heterocycles. The third kappa shape index (κ3) is 7.93. The Balaban J connectivity index is 0.00000592. The smallest absolute Gasteiger partial charge is 0.657 e. The molecule has 337 valence electrons. The van der Waals surface area contributed by atoms with Gasteiger partial charge in [-0.3, -0.25) is 0 Å². The fourth-order valence-electron chi connectivity index (χ4n) is 7.59. The largest absolute Gasteiger partial charge is 2.00 e. The van der Waals surface area contributed by atoms with Crippen LogP contribution in [0.4, 0.5) is 39.0 Å². The van der Waals surface area contributed by atoms with Crippen molar-refractivity contribution in [3.8, 4) is 44.5 Å². The van der Waals surface area contributed by atoms with Crippen molar-refractivity contribution in [3.63, 3.8) is 0 Å². The topological polar surface area (TPSA) is 97.4 Å². The summed E-state index contributed by atoms with van der Waals surface area (Å²) in [5.41, 5.74) is 0.362. The molecule has 66 heavy (non-hydrogen) atoms. The molecule has 4 aromatic carbocycles. The fourth-order valence-corrected chi connectivity index (χ4v) is 7.91. The van der Waals surface area contributed by atoms with Crippen molar-refractivity contribution >= 4 is 56.1 Å². The Morgan fingerprint density at radius 1 is 0.455 bits per heavy atom. The number of halogens is 9. The zero-order chi connectivity index (χ0) is 45.9. The molecule has 2 aliphatic rings. The maximum atomic E-state index is 16.9. The second-order valence-corrected chi connectivity index (χ2v) is 16.1. The van der Waals surface area contributed by atoms with Crippen LogP contribution in [0.2, 0.25) is 0 Å². The average molecular weight is 974 g/mol. The maximum Gasteiger partial charge on any atom is 2.00 e. The minimum absolute atomic E-state index is 0. The van der Waals surface area contributed by atoms with Gasteiger partial charge < -0.3 is 9.97 Å². The summed E-state index contributed by atoms with van der Waals surface area (Å²) in [5.74, 6) is -6.05. The van der Waals surface area contributed by atoms with Gasteiger partial charge in [-0.2, -0.15) is 43.5 Å². The normalized spacial score (nSPS) is 13.3. The number of ether oxygens (including phenoxy) is 1. The van der Waals surface area contributed by atoms with Gasteiger partial charge in [-0.05, 0) is 62.7 Å². The van der Waals surface area contributed by atoms with Gasteiger partial charge in [-0.1, -0.05) is 149 Å². The van der Waals surface area contributed by atoms with Crippen LogP contribution in [0, 0.1) is 0 Å². The molecule has 9 rings (SSSR count). The van der Waals surface area contributed by atoms with Crippen LogP contribution in [0.1, 0.15) is 22.8 Å². The third-order valence-electron chi connectivity index (χ3n) is 10.6. The summed E-state index contributed by atoms with van der Waals surface area (Å²) in [6.45, 7) is 0. The summed E-state index contributed by atoms with van der Waals surface area (Å²) in [7, 11) is -7.69. The van der Waals surface area contributed by atoms with E-state index in [1.165, 1.54) is 42.5 Å². The number of aromatic nitrogens is 4. The number of benzene rings is 4. The van der Waals surface area contributed by atoms with Crippen LogP contribution >= 0.6 is 0 Å². The van der Waals surface area contributed by atoms with Crippen LogP contribution in [-0.2, 0) is 32.0 Å². The van der Waals surface area contributed by atoms with Gasteiger partial charge in [0.15, 0.2) is 0 Å². The molecule has 18 heteroatoms. The van der Waals surface area contributed by atoms with Crippen LogP contribution in [0.15, 0.2) is 146 Å². The zero-order valence-electron chi connectivity index (χ0n) is 33.2. The fraction of sp³-hybridized carbons (Fsp3) is 0.0833. The van der Waals surface area contributed by atoms with Crippen LogP contribution in [0.3, 0.4) is 0 Å². The van der Waals surface area contributed by atoms with Crippen molar-refractivity contribution in [1.82, 2.24) is 19.9 Å². The third-order valence-corrected chi connectivity index (χ3v) is 11.4. The van der Waals surface area contributed by atoms with Gasteiger partial charge in [0.2, 0.25) is 0 Å². The molecule has 8 bridgehead atoms. The van der Waals surface area contributed by atoms with Crippen molar-refractivity contribution in [3.05, 3.63) is 168 Å². The molecule has 0 unspecified atom stereocenters. The Hall–Kier alpha value is -6.72. The van der Waals surface area contributed by atoms with E-state index < -0.39 is 50.6 Å². The molecule has 7 aromatic rings. The summed E-state index contributed by atoms with van der Waals surface area (Å²) < 4.78 is 161. The first kappa shape index (κ1) is 45.8. The minimum atomic E-state index is -7.69. The van der Waals surface area contributed by atoms with Crippen molar-refractivity contribution in [2.24, 2.45) is 0 Å². The number of hydrogen-bond acceptors (Lipinski definition) is 5.